The average molecular weight is 178 g/mol. The van der Waals surface area contributed by atoms with E-state index in [9.17, 15) is 0 Å². The van der Waals surface area contributed by atoms with E-state index in [-0.39, 0.29) is 0 Å². The molecule has 0 fully saturated rings. The Morgan fingerprint density at radius 1 is 1.50 bits per heavy atom. The largest absolute Gasteiger partial charge is 0.265 e. The Bertz CT molecular complexity index is 348. The molecule has 2 rings (SSSR count). The molecule has 0 radical (unpaired) electrons. The topological polar surface area (TPSA) is 17.8 Å². The molecule has 0 unspecified atom stereocenters. The Balaban J connectivity index is 2.46. The first-order chi connectivity index (χ1) is 5.92. The maximum atomic E-state index is 4.21. The van der Waals surface area contributed by atoms with E-state index in [1.54, 1.807) is 11.3 Å². The van der Waals surface area contributed by atoms with Crippen molar-refractivity contribution < 1.29 is 0 Å². The van der Waals surface area contributed by atoms with Gasteiger partial charge >= 0.3 is 0 Å². The number of rotatable bonds is 2. The van der Waals surface area contributed by atoms with Crippen molar-refractivity contribution in [3.05, 3.63) is 29.1 Å². The minimum Gasteiger partial charge on any atom is -0.265 e. The first-order valence-corrected chi connectivity index (χ1v) is 4.90. The zero-order chi connectivity index (χ0) is 8.39. The van der Waals surface area contributed by atoms with Gasteiger partial charge < -0.3 is 0 Å². The number of thiophene rings is 1. The number of hydrogen-bond acceptors (Lipinski definition) is 2. The molecule has 0 bridgehead atoms. The highest BCUT2D eigenvalue weighted by Crippen LogP contribution is 2.21. The van der Waals surface area contributed by atoms with Crippen LogP contribution in [0, 0.1) is 0 Å². The van der Waals surface area contributed by atoms with E-state index in [0.29, 0.717) is 0 Å². The third-order valence-electron chi connectivity index (χ3n) is 1.83. The predicted octanol–water partition coefficient (Wildman–Crippen LogP) is 2.63. The second-order valence-electron chi connectivity index (χ2n) is 2.54. The second kappa shape index (κ2) is 3.11. The lowest BCUT2D eigenvalue weighted by Gasteiger charge is -2.00. The van der Waals surface area contributed by atoms with Crippen molar-refractivity contribution in [2.45, 2.75) is 13.5 Å². The normalized spacial score (nSPS) is 10.4. The Kier molecular flexibility index (Phi) is 1.96. The Hall–Kier alpha value is -1.09. The van der Waals surface area contributed by atoms with Crippen LogP contribution in [0.15, 0.2) is 29.1 Å². The summed E-state index contributed by atoms with van der Waals surface area (Å²) in [7, 11) is 0. The van der Waals surface area contributed by atoms with E-state index in [1.165, 1.54) is 11.3 Å². The van der Waals surface area contributed by atoms with Gasteiger partial charge in [-0.2, -0.15) is 16.4 Å². The minimum atomic E-state index is 0.929. The van der Waals surface area contributed by atoms with Crippen LogP contribution in [0.3, 0.4) is 0 Å². The van der Waals surface area contributed by atoms with Crippen LogP contribution < -0.4 is 0 Å². The van der Waals surface area contributed by atoms with Gasteiger partial charge in [0.25, 0.3) is 0 Å². The fraction of sp³-hybridized carbons (Fsp3) is 0.222. The summed E-state index contributed by atoms with van der Waals surface area (Å²) in [6.45, 7) is 3.03. The Morgan fingerprint density at radius 2 is 2.42 bits per heavy atom. The third kappa shape index (κ3) is 1.16. The molecule has 0 saturated carbocycles. The molecule has 0 spiro atoms. The molecule has 62 valence electrons. The van der Waals surface area contributed by atoms with Gasteiger partial charge in [0.2, 0.25) is 0 Å². The highest BCUT2D eigenvalue weighted by molar-refractivity contribution is 7.08. The predicted molar refractivity (Wildman–Crippen MR) is 51.2 cm³/mol. The Morgan fingerprint density at radius 3 is 3.08 bits per heavy atom. The molecule has 2 aromatic rings. The fourth-order valence-corrected chi connectivity index (χ4v) is 1.89. The molecule has 0 aromatic carbocycles. The van der Waals surface area contributed by atoms with Crippen LogP contribution in [0.25, 0.3) is 11.3 Å². The van der Waals surface area contributed by atoms with E-state index in [2.05, 4.69) is 28.8 Å². The van der Waals surface area contributed by atoms with E-state index >= 15 is 0 Å². The van der Waals surface area contributed by atoms with E-state index in [1.807, 2.05) is 16.9 Å². The first-order valence-electron chi connectivity index (χ1n) is 3.96. The van der Waals surface area contributed by atoms with Crippen LogP contribution in [0.4, 0.5) is 0 Å². The number of aromatic nitrogens is 2. The van der Waals surface area contributed by atoms with Crippen molar-refractivity contribution in [3.8, 4) is 11.3 Å². The van der Waals surface area contributed by atoms with Crippen LogP contribution in [-0.2, 0) is 6.54 Å². The number of hydrogen-bond donors (Lipinski definition) is 0. The highest BCUT2D eigenvalue weighted by Gasteiger charge is 2.02. The summed E-state index contributed by atoms with van der Waals surface area (Å²) in [4.78, 5) is 0. The molecule has 3 heteroatoms. The smallest absolute Gasteiger partial charge is 0.0690 e. The van der Waals surface area contributed by atoms with Gasteiger partial charge in [-0.15, -0.1) is 0 Å². The molecule has 2 heterocycles. The summed E-state index contributed by atoms with van der Waals surface area (Å²) in [5.74, 6) is 0. The summed E-state index contributed by atoms with van der Waals surface area (Å²) in [5, 5.41) is 8.44. The lowest BCUT2D eigenvalue weighted by Crippen LogP contribution is -1.97. The van der Waals surface area contributed by atoms with Crippen molar-refractivity contribution in [1.82, 2.24) is 9.78 Å². The van der Waals surface area contributed by atoms with Crippen LogP contribution in [-0.4, -0.2) is 9.78 Å². The SMILES string of the molecule is CCn1nccc1-c1ccsc1. The molecule has 12 heavy (non-hydrogen) atoms. The standard InChI is InChI=1S/C9H10N2S/c1-2-11-9(3-5-10-11)8-4-6-12-7-8/h3-7H,2H2,1H3. The quantitative estimate of drug-likeness (QED) is 0.691. The first kappa shape index (κ1) is 7.55. The third-order valence-corrected chi connectivity index (χ3v) is 2.52. The van der Waals surface area contributed by atoms with Crippen LogP contribution >= 0.6 is 11.3 Å². The summed E-state index contributed by atoms with van der Waals surface area (Å²) in [5.41, 5.74) is 2.47. The van der Waals surface area contributed by atoms with Gasteiger partial charge in [-0.1, -0.05) is 0 Å². The van der Waals surface area contributed by atoms with Crippen molar-refractivity contribution in [3.63, 3.8) is 0 Å². The second-order valence-corrected chi connectivity index (χ2v) is 3.32. The lowest BCUT2D eigenvalue weighted by atomic mass is 10.2. The molecule has 0 amide bonds. The van der Waals surface area contributed by atoms with Crippen molar-refractivity contribution >= 4 is 11.3 Å². The zero-order valence-electron chi connectivity index (χ0n) is 6.90. The lowest BCUT2D eigenvalue weighted by molar-refractivity contribution is 0.667. The van der Waals surface area contributed by atoms with Crippen molar-refractivity contribution in [2.24, 2.45) is 0 Å². The van der Waals surface area contributed by atoms with Gasteiger partial charge in [-0.25, -0.2) is 0 Å². The molecule has 0 aliphatic carbocycles. The molecule has 0 saturated heterocycles. The van der Waals surface area contributed by atoms with E-state index in [0.717, 1.165) is 6.54 Å². The van der Waals surface area contributed by atoms with Crippen LogP contribution in [0.1, 0.15) is 6.92 Å². The molecule has 2 nitrogen and oxygen atoms in total. The van der Waals surface area contributed by atoms with E-state index < -0.39 is 0 Å². The molecule has 0 aliphatic rings. The highest BCUT2D eigenvalue weighted by atomic mass is 32.1. The van der Waals surface area contributed by atoms with Gasteiger partial charge in [0.15, 0.2) is 0 Å². The van der Waals surface area contributed by atoms with Gasteiger partial charge in [0, 0.05) is 23.7 Å². The van der Waals surface area contributed by atoms with Gasteiger partial charge in [0.05, 0.1) is 5.69 Å². The number of nitrogens with zero attached hydrogens (tertiary/aromatic N) is 2. The maximum Gasteiger partial charge on any atom is 0.0690 e. The molecule has 0 atom stereocenters. The summed E-state index contributed by atoms with van der Waals surface area (Å²) in [6.07, 6.45) is 1.84. The average Bonchev–Trinajstić information content (AvgIpc) is 2.74. The molecular weight excluding hydrogens is 168 g/mol. The van der Waals surface area contributed by atoms with E-state index in [4.69, 9.17) is 0 Å². The van der Waals surface area contributed by atoms with Crippen molar-refractivity contribution in [2.75, 3.05) is 0 Å². The summed E-state index contributed by atoms with van der Waals surface area (Å²) in [6, 6.07) is 4.17. The monoisotopic (exact) mass is 178 g/mol. The minimum absolute atomic E-state index is 0.929. The molecular formula is C9H10N2S. The summed E-state index contributed by atoms with van der Waals surface area (Å²) < 4.78 is 2.00. The van der Waals surface area contributed by atoms with Gasteiger partial charge in [-0.3, -0.25) is 4.68 Å². The van der Waals surface area contributed by atoms with Crippen LogP contribution in [0.5, 0.6) is 0 Å². The molecule has 2 aromatic heterocycles. The van der Waals surface area contributed by atoms with Crippen molar-refractivity contribution in [1.29, 1.82) is 0 Å². The van der Waals surface area contributed by atoms with Crippen LogP contribution in [0.2, 0.25) is 0 Å². The zero-order valence-corrected chi connectivity index (χ0v) is 7.71. The fourth-order valence-electron chi connectivity index (χ4n) is 1.24. The molecule has 0 N–H and O–H groups in total. The number of aryl methyl sites for hydroxylation is 1. The Labute approximate surface area is 75.5 Å². The molecule has 0 aliphatic heterocycles. The van der Waals surface area contributed by atoms with Gasteiger partial charge in [0.1, 0.15) is 0 Å². The maximum absolute atomic E-state index is 4.21. The summed E-state index contributed by atoms with van der Waals surface area (Å²) >= 11 is 1.72. The van der Waals surface area contributed by atoms with Gasteiger partial charge in [-0.05, 0) is 24.4 Å².